The fourth-order valence-corrected chi connectivity index (χ4v) is 5.20. The second kappa shape index (κ2) is 8.78. The normalized spacial score (nSPS) is 12.5. The third-order valence-corrected chi connectivity index (χ3v) is 6.62. The Morgan fingerprint density at radius 3 is 1.26 bits per heavy atom. The van der Waals surface area contributed by atoms with Gasteiger partial charge in [-0.1, -0.05) is 141 Å². The van der Waals surface area contributed by atoms with Gasteiger partial charge in [0, 0.05) is 5.41 Å². The maximum absolute atomic E-state index is 2.38. The van der Waals surface area contributed by atoms with Crippen molar-refractivity contribution in [3.05, 3.63) is 150 Å². The Morgan fingerprint density at radius 1 is 0.516 bits per heavy atom. The summed E-state index contributed by atoms with van der Waals surface area (Å²) in [4.78, 5) is 0. The molecule has 31 heavy (non-hydrogen) atoms. The van der Waals surface area contributed by atoms with Crippen molar-refractivity contribution in [2.24, 2.45) is 0 Å². The van der Waals surface area contributed by atoms with Crippen molar-refractivity contribution in [2.45, 2.75) is 31.6 Å². The lowest BCUT2D eigenvalue weighted by atomic mass is 9.51. The molecule has 0 saturated carbocycles. The quantitative estimate of drug-likeness (QED) is 0.306. The second-order valence-electron chi connectivity index (χ2n) is 8.54. The number of benzene rings is 4. The molecule has 154 valence electrons. The number of hydrogen-bond donors (Lipinski definition) is 0. The lowest BCUT2D eigenvalue weighted by molar-refractivity contribution is 0.380. The highest BCUT2D eigenvalue weighted by molar-refractivity contribution is 5.82. The van der Waals surface area contributed by atoms with E-state index in [-0.39, 0.29) is 10.8 Å². The summed E-state index contributed by atoms with van der Waals surface area (Å²) in [6, 6.07) is 43.7. The zero-order valence-corrected chi connectivity index (χ0v) is 18.6. The van der Waals surface area contributed by atoms with Crippen molar-refractivity contribution in [2.75, 3.05) is 0 Å². The molecule has 0 unspecified atom stereocenters. The van der Waals surface area contributed by atoms with Crippen molar-refractivity contribution < 1.29 is 0 Å². The van der Waals surface area contributed by atoms with Gasteiger partial charge in [0.2, 0.25) is 0 Å². The zero-order valence-electron chi connectivity index (χ0n) is 18.6. The standard InChI is InChI=1S/C31H30/c1-4-29(25-17-9-5-10-18-25)31(27-21-13-7-14-22-27,28-23-15-8-16-24-28)30(2,3)26-19-11-6-12-20-26/h4-24H,1-3H3. The van der Waals surface area contributed by atoms with Crippen molar-refractivity contribution in [1.82, 2.24) is 0 Å². The summed E-state index contributed by atoms with van der Waals surface area (Å²) in [6.45, 7) is 6.94. The van der Waals surface area contributed by atoms with Gasteiger partial charge in [0.25, 0.3) is 0 Å². The second-order valence-corrected chi connectivity index (χ2v) is 8.54. The minimum atomic E-state index is -0.382. The van der Waals surface area contributed by atoms with Crippen LogP contribution in [0.25, 0.3) is 5.57 Å². The van der Waals surface area contributed by atoms with Gasteiger partial charge in [-0.15, -0.1) is 0 Å². The molecule has 4 aromatic rings. The van der Waals surface area contributed by atoms with Crippen molar-refractivity contribution in [3.63, 3.8) is 0 Å². The topological polar surface area (TPSA) is 0 Å². The van der Waals surface area contributed by atoms with Crippen LogP contribution in [0.3, 0.4) is 0 Å². The smallest absolute Gasteiger partial charge is 0.0544 e. The average Bonchev–Trinajstić information content (AvgIpc) is 2.84. The summed E-state index contributed by atoms with van der Waals surface area (Å²) >= 11 is 0. The monoisotopic (exact) mass is 402 g/mol. The van der Waals surface area contributed by atoms with Crippen LogP contribution in [0, 0.1) is 0 Å². The summed E-state index contributed by atoms with van der Waals surface area (Å²) in [5.41, 5.74) is 5.87. The summed E-state index contributed by atoms with van der Waals surface area (Å²) in [6.07, 6.45) is 2.31. The first-order chi connectivity index (χ1) is 15.1. The summed E-state index contributed by atoms with van der Waals surface area (Å²) in [7, 11) is 0. The Hall–Kier alpha value is -3.38. The first-order valence-corrected chi connectivity index (χ1v) is 11.0. The van der Waals surface area contributed by atoms with Crippen molar-refractivity contribution in [3.8, 4) is 0 Å². The van der Waals surface area contributed by atoms with Gasteiger partial charge in [0.1, 0.15) is 0 Å². The molecule has 0 N–H and O–H groups in total. The molecule has 0 nitrogen and oxygen atoms in total. The molecule has 0 fully saturated rings. The van der Waals surface area contributed by atoms with E-state index in [9.17, 15) is 0 Å². The van der Waals surface area contributed by atoms with E-state index < -0.39 is 0 Å². The minimum absolute atomic E-state index is 0.228. The van der Waals surface area contributed by atoms with Crippen LogP contribution in [0.2, 0.25) is 0 Å². The lowest BCUT2D eigenvalue weighted by Crippen LogP contribution is -2.47. The van der Waals surface area contributed by atoms with Crippen LogP contribution in [0.5, 0.6) is 0 Å². The number of hydrogen-bond acceptors (Lipinski definition) is 0. The van der Waals surface area contributed by atoms with Gasteiger partial charge in [-0.3, -0.25) is 0 Å². The highest BCUT2D eigenvalue weighted by atomic mass is 14.5. The molecule has 0 spiro atoms. The van der Waals surface area contributed by atoms with Gasteiger partial charge >= 0.3 is 0 Å². The van der Waals surface area contributed by atoms with Crippen LogP contribution in [-0.4, -0.2) is 0 Å². The van der Waals surface area contributed by atoms with Crippen LogP contribution in [0.4, 0.5) is 0 Å². The Morgan fingerprint density at radius 2 is 0.871 bits per heavy atom. The van der Waals surface area contributed by atoms with E-state index >= 15 is 0 Å². The molecule has 0 amide bonds. The zero-order chi connectivity index (χ0) is 21.7. The predicted molar refractivity (Wildman–Crippen MR) is 133 cm³/mol. The first kappa shape index (κ1) is 20.9. The predicted octanol–water partition coefficient (Wildman–Crippen LogP) is 8.05. The Labute approximate surface area is 186 Å². The van der Waals surface area contributed by atoms with E-state index in [2.05, 4.69) is 148 Å². The van der Waals surface area contributed by atoms with Gasteiger partial charge in [-0.2, -0.15) is 0 Å². The third-order valence-electron chi connectivity index (χ3n) is 6.62. The van der Waals surface area contributed by atoms with Crippen molar-refractivity contribution >= 4 is 5.57 Å². The largest absolute Gasteiger partial charge is 0.0826 e. The van der Waals surface area contributed by atoms with Crippen LogP contribution < -0.4 is 0 Å². The van der Waals surface area contributed by atoms with Gasteiger partial charge in [0.05, 0.1) is 5.41 Å². The van der Waals surface area contributed by atoms with Crippen LogP contribution in [0.1, 0.15) is 43.0 Å². The molecule has 0 aromatic heterocycles. The molecule has 0 saturated heterocycles. The van der Waals surface area contributed by atoms with Crippen molar-refractivity contribution in [1.29, 1.82) is 0 Å². The van der Waals surface area contributed by atoms with E-state index in [1.54, 1.807) is 0 Å². The maximum atomic E-state index is 2.38. The summed E-state index contributed by atoms with van der Waals surface area (Å²) in [5.74, 6) is 0. The van der Waals surface area contributed by atoms with E-state index in [0.717, 1.165) is 0 Å². The molecular formula is C31H30. The summed E-state index contributed by atoms with van der Waals surface area (Å²) in [5, 5.41) is 0. The van der Waals surface area contributed by atoms with Gasteiger partial charge in [-0.05, 0) is 34.8 Å². The highest BCUT2D eigenvalue weighted by Crippen LogP contribution is 2.56. The highest BCUT2D eigenvalue weighted by Gasteiger charge is 2.51. The third kappa shape index (κ3) is 3.53. The Balaban J connectivity index is 2.16. The van der Waals surface area contributed by atoms with E-state index in [1.807, 2.05) is 0 Å². The van der Waals surface area contributed by atoms with E-state index in [1.165, 1.54) is 27.8 Å². The molecule has 0 radical (unpaired) electrons. The van der Waals surface area contributed by atoms with Gasteiger partial charge in [-0.25, -0.2) is 0 Å². The van der Waals surface area contributed by atoms with Crippen LogP contribution >= 0.6 is 0 Å². The molecule has 0 aliphatic heterocycles. The molecule has 0 bridgehead atoms. The molecule has 0 aliphatic rings. The SMILES string of the molecule is CC=C(c1ccccc1)C(c1ccccc1)(c1ccccc1)C(C)(C)c1ccccc1. The maximum Gasteiger partial charge on any atom is 0.0544 e. The molecule has 0 heterocycles. The Bertz CT molecular complexity index is 1080. The molecule has 0 heteroatoms. The fraction of sp³-hybridized carbons (Fsp3) is 0.161. The fourth-order valence-electron chi connectivity index (χ4n) is 5.20. The van der Waals surface area contributed by atoms with E-state index in [0.29, 0.717) is 0 Å². The average molecular weight is 403 g/mol. The first-order valence-electron chi connectivity index (χ1n) is 11.0. The van der Waals surface area contributed by atoms with Gasteiger partial charge in [0.15, 0.2) is 0 Å². The number of allylic oxidation sites excluding steroid dienone is 2. The minimum Gasteiger partial charge on any atom is -0.0826 e. The van der Waals surface area contributed by atoms with Gasteiger partial charge < -0.3 is 0 Å². The van der Waals surface area contributed by atoms with E-state index in [4.69, 9.17) is 0 Å². The molecule has 4 aromatic carbocycles. The van der Waals surface area contributed by atoms with Crippen LogP contribution in [0.15, 0.2) is 127 Å². The molecule has 0 atom stereocenters. The molecule has 0 aliphatic carbocycles. The Kier molecular flexibility index (Phi) is 5.91. The molecule has 4 rings (SSSR count). The summed E-state index contributed by atoms with van der Waals surface area (Å²) < 4.78 is 0. The van der Waals surface area contributed by atoms with Crippen LogP contribution in [-0.2, 0) is 10.8 Å². The lowest BCUT2D eigenvalue weighted by Gasteiger charge is -2.50. The number of rotatable bonds is 6. The molecular weight excluding hydrogens is 372 g/mol.